The van der Waals surface area contributed by atoms with Crippen molar-refractivity contribution < 1.29 is 0 Å². The fourth-order valence-electron chi connectivity index (χ4n) is 3.95. The van der Waals surface area contributed by atoms with E-state index in [9.17, 15) is 0 Å². The molecule has 3 rings (SSSR count). The highest BCUT2D eigenvalue weighted by Crippen LogP contribution is 2.28. The van der Waals surface area contributed by atoms with Gasteiger partial charge in [-0.3, -0.25) is 0 Å². The first-order chi connectivity index (χ1) is 12.4. The zero-order chi connectivity index (χ0) is 17.3. The molecule has 3 aromatic rings. The average molecular weight is 333 g/mol. The highest BCUT2D eigenvalue weighted by molar-refractivity contribution is 6.08. The van der Waals surface area contributed by atoms with E-state index in [2.05, 4.69) is 61.5 Å². The van der Waals surface area contributed by atoms with Gasteiger partial charge in [0.25, 0.3) is 0 Å². The third kappa shape index (κ3) is 4.84. The fraction of sp³-hybridized carbons (Fsp3) is 0.440. The summed E-state index contributed by atoms with van der Waals surface area (Å²) in [6.07, 6.45) is 13.8. The van der Waals surface area contributed by atoms with Crippen molar-refractivity contribution in [3.05, 3.63) is 60.2 Å². The van der Waals surface area contributed by atoms with E-state index in [1.54, 1.807) is 0 Å². The Bertz CT molecular complexity index is 784. The molecule has 25 heavy (non-hydrogen) atoms. The molecule has 0 spiro atoms. The van der Waals surface area contributed by atoms with E-state index in [1.807, 2.05) is 0 Å². The van der Waals surface area contributed by atoms with Gasteiger partial charge in [-0.1, -0.05) is 113 Å². The molecule has 0 heterocycles. The second-order valence-electron chi connectivity index (χ2n) is 7.38. The molecule has 0 unspecified atom stereocenters. The van der Waals surface area contributed by atoms with Gasteiger partial charge in [-0.15, -0.1) is 0 Å². The van der Waals surface area contributed by atoms with Crippen molar-refractivity contribution in [2.75, 3.05) is 0 Å². The van der Waals surface area contributed by atoms with Gasteiger partial charge in [0, 0.05) is 0 Å². The molecule has 0 N–H and O–H groups in total. The summed E-state index contributed by atoms with van der Waals surface area (Å²) >= 11 is 0. The van der Waals surface area contributed by atoms with Crippen LogP contribution < -0.4 is 0 Å². The summed E-state index contributed by atoms with van der Waals surface area (Å²) in [4.78, 5) is 0. The molecule has 0 heteroatoms. The number of hydrogen-bond donors (Lipinski definition) is 0. The molecule has 0 aromatic heterocycles. The molecule has 3 aromatic carbocycles. The predicted molar refractivity (Wildman–Crippen MR) is 112 cm³/mol. The van der Waals surface area contributed by atoms with Crippen molar-refractivity contribution in [2.45, 2.75) is 71.1 Å². The molecule has 0 saturated carbocycles. The van der Waals surface area contributed by atoms with Crippen LogP contribution in [0.2, 0.25) is 0 Å². The number of unbranched alkanes of at least 4 members (excludes halogenated alkanes) is 8. The van der Waals surface area contributed by atoms with E-state index in [0.29, 0.717) is 0 Å². The summed E-state index contributed by atoms with van der Waals surface area (Å²) in [7, 11) is 0. The summed E-state index contributed by atoms with van der Waals surface area (Å²) in [5, 5.41) is 5.58. The molecule has 0 bridgehead atoms. The lowest BCUT2D eigenvalue weighted by Crippen LogP contribution is -1.89. The van der Waals surface area contributed by atoms with Crippen molar-refractivity contribution in [3.8, 4) is 0 Å². The van der Waals surface area contributed by atoms with Crippen LogP contribution in [0.1, 0.15) is 70.3 Å². The van der Waals surface area contributed by atoms with E-state index >= 15 is 0 Å². The monoisotopic (exact) mass is 332 g/mol. The lowest BCUT2D eigenvalue weighted by atomic mass is 9.95. The van der Waals surface area contributed by atoms with Gasteiger partial charge >= 0.3 is 0 Å². The smallest absolute Gasteiger partial charge is 0.0103 e. The van der Waals surface area contributed by atoms with Crippen molar-refractivity contribution in [3.63, 3.8) is 0 Å². The summed E-state index contributed by atoms with van der Waals surface area (Å²) in [5.41, 5.74) is 1.52. The molecule has 0 aliphatic rings. The molecule has 0 amide bonds. The SMILES string of the molecule is CCCCCCCCCCCc1cccc2c1ccc1ccccc12. The van der Waals surface area contributed by atoms with Gasteiger partial charge in [0.1, 0.15) is 0 Å². The maximum atomic E-state index is 2.32. The van der Waals surface area contributed by atoms with E-state index in [4.69, 9.17) is 0 Å². The molecule has 0 aliphatic heterocycles. The van der Waals surface area contributed by atoms with Crippen LogP contribution in [-0.2, 0) is 6.42 Å². The molecular formula is C25H32. The second kappa shape index (κ2) is 9.61. The van der Waals surface area contributed by atoms with Crippen molar-refractivity contribution in [1.82, 2.24) is 0 Å². The largest absolute Gasteiger partial charge is 0.0654 e. The van der Waals surface area contributed by atoms with Gasteiger partial charge in [-0.2, -0.15) is 0 Å². The molecule has 0 radical (unpaired) electrons. The van der Waals surface area contributed by atoms with E-state index < -0.39 is 0 Å². The Morgan fingerprint density at radius 3 is 2.00 bits per heavy atom. The molecule has 0 fully saturated rings. The molecule has 0 atom stereocenters. The maximum absolute atomic E-state index is 2.32. The fourth-order valence-corrected chi connectivity index (χ4v) is 3.95. The Morgan fingerprint density at radius 1 is 0.520 bits per heavy atom. The number of fused-ring (bicyclic) bond motifs is 3. The Balaban J connectivity index is 1.53. The average Bonchev–Trinajstić information content (AvgIpc) is 2.66. The first-order valence-corrected chi connectivity index (χ1v) is 10.3. The van der Waals surface area contributed by atoms with Crippen LogP contribution in [0, 0.1) is 0 Å². The Hall–Kier alpha value is -1.82. The van der Waals surface area contributed by atoms with Gasteiger partial charge in [-0.05, 0) is 39.9 Å². The minimum Gasteiger partial charge on any atom is -0.0654 e. The molecule has 0 aliphatic carbocycles. The minimum atomic E-state index is 1.21. The Morgan fingerprint density at radius 2 is 1.20 bits per heavy atom. The first-order valence-electron chi connectivity index (χ1n) is 10.3. The van der Waals surface area contributed by atoms with Gasteiger partial charge in [-0.25, -0.2) is 0 Å². The highest BCUT2D eigenvalue weighted by Gasteiger charge is 2.04. The van der Waals surface area contributed by atoms with Crippen LogP contribution in [0.3, 0.4) is 0 Å². The van der Waals surface area contributed by atoms with Gasteiger partial charge in [0.05, 0.1) is 0 Å². The minimum absolute atomic E-state index is 1.21. The number of aryl methyl sites for hydroxylation is 1. The normalized spacial score (nSPS) is 11.4. The third-order valence-electron chi connectivity index (χ3n) is 5.43. The first kappa shape index (κ1) is 18.0. The number of hydrogen-bond acceptors (Lipinski definition) is 0. The summed E-state index contributed by atoms with van der Waals surface area (Å²) in [5.74, 6) is 0. The lowest BCUT2D eigenvalue weighted by Gasteiger charge is -2.09. The molecule has 0 saturated heterocycles. The van der Waals surface area contributed by atoms with Crippen LogP contribution in [-0.4, -0.2) is 0 Å². The van der Waals surface area contributed by atoms with Crippen molar-refractivity contribution in [2.24, 2.45) is 0 Å². The third-order valence-corrected chi connectivity index (χ3v) is 5.43. The van der Waals surface area contributed by atoms with Gasteiger partial charge < -0.3 is 0 Å². The van der Waals surface area contributed by atoms with E-state index in [1.165, 1.54) is 91.3 Å². The predicted octanol–water partition coefficient (Wildman–Crippen LogP) is 8.07. The number of benzene rings is 3. The Labute approximate surface area is 153 Å². The highest BCUT2D eigenvalue weighted by atomic mass is 14.1. The zero-order valence-corrected chi connectivity index (χ0v) is 15.8. The van der Waals surface area contributed by atoms with Gasteiger partial charge in [0.15, 0.2) is 0 Å². The molecule has 0 nitrogen and oxygen atoms in total. The number of rotatable bonds is 10. The van der Waals surface area contributed by atoms with Crippen LogP contribution in [0.5, 0.6) is 0 Å². The zero-order valence-electron chi connectivity index (χ0n) is 15.8. The Kier molecular flexibility index (Phi) is 6.91. The van der Waals surface area contributed by atoms with E-state index in [-0.39, 0.29) is 0 Å². The summed E-state index contributed by atoms with van der Waals surface area (Å²) < 4.78 is 0. The van der Waals surface area contributed by atoms with Crippen LogP contribution in [0.15, 0.2) is 54.6 Å². The topological polar surface area (TPSA) is 0 Å². The van der Waals surface area contributed by atoms with Crippen LogP contribution >= 0.6 is 0 Å². The van der Waals surface area contributed by atoms with Crippen molar-refractivity contribution in [1.29, 1.82) is 0 Å². The standard InChI is InChI=1S/C25H32/c1-2-3-4-5-6-7-8-9-10-14-21-16-13-18-25-23-17-12-11-15-22(23)19-20-24(21)25/h11-13,15-20H,2-10,14H2,1H3. The second-order valence-corrected chi connectivity index (χ2v) is 7.38. The quantitative estimate of drug-likeness (QED) is 0.260. The van der Waals surface area contributed by atoms with Crippen LogP contribution in [0.25, 0.3) is 21.5 Å². The van der Waals surface area contributed by atoms with Crippen molar-refractivity contribution >= 4 is 21.5 Å². The van der Waals surface area contributed by atoms with Gasteiger partial charge in [0.2, 0.25) is 0 Å². The lowest BCUT2D eigenvalue weighted by molar-refractivity contribution is 0.565. The van der Waals surface area contributed by atoms with Crippen LogP contribution in [0.4, 0.5) is 0 Å². The maximum Gasteiger partial charge on any atom is -0.0103 e. The van der Waals surface area contributed by atoms with E-state index in [0.717, 1.165) is 0 Å². The summed E-state index contributed by atoms with van der Waals surface area (Å²) in [6.45, 7) is 2.29. The molecular weight excluding hydrogens is 300 g/mol. The summed E-state index contributed by atoms with van der Waals surface area (Å²) in [6, 6.07) is 20.2. The molecule has 132 valence electrons.